The molecule has 3 N–H and O–H groups in total. The van der Waals surface area contributed by atoms with Crippen molar-refractivity contribution in [1.82, 2.24) is 4.98 Å². The Hall–Kier alpha value is -1.68. The highest BCUT2D eigenvalue weighted by Gasteiger charge is 2.28. The monoisotopic (exact) mass is 299 g/mol. The van der Waals surface area contributed by atoms with Gasteiger partial charge in [0, 0.05) is 10.9 Å². The Balaban J connectivity index is 2.03. The van der Waals surface area contributed by atoms with Crippen LogP contribution < -0.4 is 11.1 Å². The maximum absolute atomic E-state index is 5.91. The first-order valence-corrected chi connectivity index (χ1v) is 7.96. The van der Waals surface area contributed by atoms with E-state index < -0.39 is 0 Å². The zero-order valence-corrected chi connectivity index (χ0v) is 13.2. The van der Waals surface area contributed by atoms with E-state index in [1.165, 1.54) is 19.3 Å². The number of nitrogens with one attached hydrogen (secondary N) is 1. The molecule has 0 amide bonds. The molecule has 0 saturated heterocycles. The highest BCUT2D eigenvalue weighted by Crippen LogP contribution is 2.32. The first-order chi connectivity index (χ1) is 10.1. The number of para-hydroxylation sites is 1. The Kier molecular flexibility index (Phi) is 3.81. The molecular weight excluding hydrogens is 278 g/mol. The van der Waals surface area contributed by atoms with E-state index in [0.29, 0.717) is 4.99 Å². The molecule has 1 saturated carbocycles. The van der Waals surface area contributed by atoms with Crippen molar-refractivity contribution < 1.29 is 0 Å². The van der Waals surface area contributed by atoms with E-state index in [1.54, 1.807) is 0 Å². The molecule has 21 heavy (non-hydrogen) atoms. The average Bonchev–Trinajstić information content (AvgIpc) is 2.46. The van der Waals surface area contributed by atoms with Gasteiger partial charge >= 0.3 is 0 Å². The summed E-state index contributed by atoms with van der Waals surface area (Å²) >= 11 is 5.21. The van der Waals surface area contributed by atoms with Crippen LogP contribution in [0.1, 0.15) is 44.6 Å². The molecule has 0 radical (unpaired) electrons. The van der Waals surface area contributed by atoms with E-state index in [4.69, 9.17) is 22.9 Å². The summed E-state index contributed by atoms with van der Waals surface area (Å²) in [5, 5.41) is 4.69. The van der Waals surface area contributed by atoms with Crippen molar-refractivity contribution in [1.29, 1.82) is 0 Å². The molecule has 0 atom stereocenters. The molecule has 0 bridgehead atoms. The summed E-state index contributed by atoms with van der Waals surface area (Å²) in [5.41, 5.74) is 7.81. The summed E-state index contributed by atoms with van der Waals surface area (Å²) in [4.78, 5) is 5.16. The van der Waals surface area contributed by atoms with Gasteiger partial charge in [0.25, 0.3) is 0 Å². The van der Waals surface area contributed by atoms with E-state index in [2.05, 4.69) is 12.2 Å². The number of hydrogen-bond acceptors (Lipinski definition) is 3. The highest BCUT2D eigenvalue weighted by molar-refractivity contribution is 7.80. The van der Waals surface area contributed by atoms with E-state index in [0.717, 1.165) is 35.1 Å². The molecule has 0 spiro atoms. The van der Waals surface area contributed by atoms with Crippen LogP contribution in [-0.2, 0) is 0 Å². The van der Waals surface area contributed by atoms with Crippen LogP contribution in [0.25, 0.3) is 10.9 Å². The van der Waals surface area contributed by atoms with Gasteiger partial charge in [-0.2, -0.15) is 0 Å². The standard InChI is InChI=1S/C17H21N3S/c1-17(9-5-2-6-10-17)20-16-13(15(18)21)11-12-7-3-4-8-14(12)19-16/h3-4,7-8,11H,2,5-6,9-10H2,1H3,(H2,18,21)(H,19,20). The van der Waals surface area contributed by atoms with Crippen molar-refractivity contribution in [3.8, 4) is 0 Å². The largest absolute Gasteiger partial charge is 0.389 e. The number of fused-ring (bicyclic) bond motifs is 1. The summed E-state index contributed by atoms with van der Waals surface area (Å²) in [5.74, 6) is 0.825. The number of anilines is 1. The number of hydrogen-bond donors (Lipinski definition) is 2. The third kappa shape index (κ3) is 3.00. The second kappa shape index (κ2) is 5.60. The molecule has 3 rings (SSSR count). The topological polar surface area (TPSA) is 50.9 Å². The van der Waals surface area contributed by atoms with Gasteiger partial charge in [-0.05, 0) is 31.9 Å². The number of nitrogens with two attached hydrogens (primary N) is 1. The van der Waals surface area contributed by atoms with Gasteiger partial charge in [0.1, 0.15) is 10.8 Å². The number of pyridine rings is 1. The third-order valence-corrected chi connectivity index (χ3v) is 4.59. The first kappa shape index (κ1) is 14.3. The summed E-state index contributed by atoms with van der Waals surface area (Å²) in [6.45, 7) is 2.27. The van der Waals surface area contributed by atoms with E-state index in [-0.39, 0.29) is 5.54 Å². The Morgan fingerprint density at radius 2 is 1.95 bits per heavy atom. The normalized spacial score (nSPS) is 17.6. The number of rotatable bonds is 3. The van der Waals surface area contributed by atoms with Crippen molar-refractivity contribution in [3.05, 3.63) is 35.9 Å². The lowest BCUT2D eigenvalue weighted by atomic mass is 9.83. The van der Waals surface area contributed by atoms with Gasteiger partial charge in [0.05, 0.1) is 11.1 Å². The zero-order chi connectivity index (χ0) is 14.9. The van der Waals surface area contributed by atoms with Gasteiger partial charge < -0.3 is 11.1 Å². The molecule has 0 unspecified atom stereocenters. The SMILES string of the molecule is CC1(Nc2nc3ccccc3cc2C(N)=S)CCCCC1. The van der Waals surface area contributed by atoms with Crippen LogP contribution in [-0.4, -0.2) is 15.5 Å². The Morgan fingerprint density at radius 1 is 1.24 bits per heavy atom. The second-order valence-electron chi connectivity index (χ2n) is 6.19. The third-order valence-electron chi connectivity index (χ3n) is 4.37. The van der Waals surface area contributed by atoms with Crippen LogP contribution in [0.15, 0.2) is 30.3 Å². The van der Waals surface area contributed by atoms with Crippen molar-refractivity contribution in [3.63, 3.8) is 0 Å². The lowest BCUT2D eigenvalue weighted by Crippen LogP contribution is -2.37. The van der Waals surface area contributed by atoms with Crippen molar-refractivity contribution in [2.24, 2.45) is 5.73 Å². The number of thiocarbonyl (C=S) groups is 1. The predicted octanol–water partition coefficient (Wildman–Crippen LogP) is 4.00. The van der Waals surface area contributed by atoms with E-state index >= 15 is 0 Å². The average molecular weight is 299 g/mol. The molecule has 3 nitrogen and oxygen atoms in total. The summed E-state index contributed by atoms with van der Waals surface area (Å²) < 4.78 is 0. The van der Waals surface area contributed by atoms with Crippen LogP contribution in [0.2, 0.25) is 0 Å². The summed E-state index contributed by atoms with van der Waals surface area (Å²) in [6, 6.07) is 10.1. The van der Waals surface area contributed by atoms with Crippen LogP contribution in [0.3, 0.4) is 0 Å². The minimum atomic E-state index is 0.0905. The fourth-order valence-corrected chi connectivity index (χ4v) is 3.30. The van der Waals surface area contributed by atoms with Gasteiger partial charge in [0.15, 0.2) is 0 Å². The lowest BCUT2D eigenvalue weighted by molar-refractivity contribution is 0.348. The minimum Gasteiger partial charge on any atom is -0.389 e. The first-order valence-electron chi connectivity index (χ1n) is 7.55. The fourth-order valence-electron chi connectivity index (χ4n) is 3.14. The fraction of sp³-hybridized carbons (Fsp3) is 0.412. The molecule has 1 aromatic heterocycles. The molecule has 110 valence electrons. The van der Waals surface area contributed by atoms with Gasteiger partial charge in [0.2, 0.25) is 0 Å². The maximum atomic E-state index is 5.91. The zero-order valence-electron chi connectivity index (χ0n) is 12.4. The predicted molar refractivity (Wildman–Crippen MR) is 92.7 cm³/mol. The quantitative estimate of drug-likeness (QED) is 0.841. The van der Waals surface area contributed by atoms with Crippen molar-refractivity contribution >= 4 is 33.9 Å². The molecule has 1 fully saturated rings. The molecule has 0 aliphatic heterocycles. The van der Waals surface area contributed by atoms with Crippen LogP contribution >= 0.6 is 12.2 Å². The Morgan fingerprint density at radius 3 is 2.67 bits per heavy atom. The number of aromatic nitrogens is 1. The summed E-state index contributed by atoms with van der Waals surface area (Å²) in [6.07, 6.45) is 6.18. The highest BCUT2D eigenvalue weighted by atomic mass is 32.1. The second-order valence-corrected chi connectivity index (χ2v) is 6.63. The van der Waals surface area contributed by atoms with E-state index in [1.807, 2.05) is 30.3 Å². The molecule has 1 aliphatic carbocycles. The maximum Gasteiger partial charge on any atom is 0.137 e. The van der Waals surface area contributed by atoms with Crippen LogP contribution in [0, 0.1) is 0 Å². The molecule has 1 heterocycles. The Labute approximate surface area is 130 Å². The van der Waals surface area contributed by atoms with Crippen LogP contribution in [0.5, 0.6) is 0 Å². The van der Waals surface area contributed by atoms with Crippen molar-refractivity contribution in [2.75, 3.05) is 5.32 Å². The minimum absolute atomic E-state index is 0.0905. The molecule has 4 heteroatoms. The molecular formula is C17H21N3S. The van der Waals surface area contributed by atoms with Gasteiger partial charge in [-0.15, -0.1) is 0 Å². The van der Waals surface area contributed by atoms with Crippen molar-refractivity contribution in [2.45, 2.75) is 44.6 Å². The van der Waals surface area contributed by atoms with Crippen LogP contribution in [0.4, 0.5) is 5.82 Å². The van der Waals surface area contributed by atoms with E-state index in [9.17, 15) is 0 Å². The van der Waals surface area contributed by atoms with Gasteiger partial charge in [-0.1, -0.05) is 49.7 Å². The number of benzene rings is 1. The molecule has 2 aromatic rings. The summed E-state index contributed by atoms with van der Waals surface area (Å²) in [7, 11) is 0. The number of nitrogens with zero attached hydrogens (tertiary/aromatic N) is 1. The Bertz CT molecular complexity index is 675. The van der Waals surface area contributed by atoms with Gasteiger partial charge in [-0.3, -0.25) is 0 Å². The van der Waals surface area contributed by atoms with Gasteiger partial charge in [-0.25, -0.2) is 4.98 Å². The molecule has 1 aliphatic rings. The molecule has 1 aromatic carbocycles. The smallest absolute Gasteiger partial charge is 0.137 e. The lowest BCUT2D eigenvalue weighted by Gasteiger charge is -2.35.